The first kappa shape index (κ1) is 19.4. The molecule has 27 heavy (non-hydrogen) atoms. The summed E-state index contributed by atoms with van der Waals surface area (Å²) >= 11 is 0. The van der Waals surface area contributed by atoms with Crippen molar-refractivity contribution in [3.63, 3.8) is 0 Å². The van der Waals surface area contributed by atoms with Crippen LogP contribution in [0.15, 0.2) is 48.5 Å². The van der Waals surface area contributed by atoms with Crippen molar-refractivity contribution in [3.05, 3.63) is 54.1 Å². The van der Waals surface area contributed by atoms with Crippen LogP contribution < -0.4 is 15.4 Å². The normalized spacial score (nSPS) is 15.9. The maximum absolute atomic E-state index is 12.3. The van der Waals surface area contributed by atoms with Crippen molar-refractivity contribution >= 4 is 5.91 Å². The second-order valence-electron chi connectivity index (χ2n) is 7.34. The third-order valence-corrected chi connectivity index (χ3v) is 5.44. The van der Waals surface area contributed by atoms with E-state index in [1.54, 1.807) is 7.11 Å². The van der Waals surface area contributed by atoms with E-state index in [9.17, 15) is 4.79 Å². The molecule has 4 heteroatoms. The molecule has 0 aliphatic carbocycles. The van der Waals surface area contributed by atoms with Gasteiger partial charge in [-0.05, 0) is 62.4 Å². The minimum atomic E-state index is 0.0113. The number of nitrogens with one attached hydrogen (secondary N) is 2. The quantitative estimate of drug-likeness (QED) is 0.767. The van der Waals surface area contributed by atoms with Gasteiger partial charge in [-0.25, -0.2) is 0 Å². The van der Waals surface area contributed by atoms with E-state index < -0.39 is 0 Å². The fourth-order valence-electron chi connectivity index (χ4n) is 3.74. The van der Waals surface area contributed by atoms with E-state index in [1.807, 2.05) is 25.1 Å². The molecule has 3 rings (SSSR count). The fraction of sp³-hybridized carbons (Fsp3) is 0.435. The number of piperidine rings is 1. The first-order valence-corrected chi connectivity index (χ1v) is 9.91. The molecule has 1 aliphatic rings. The van der Waals surface area contributed by atoms with Crippen LogP contribution in [-0.2, 0) is 4.79 Å². The Morgan fingerprint density at radius 1 is 1.15 bits per heavy atom. The number of methoxy groups -OCH3 is 1. The molecule has 2 aromatic carbocycles. The molecule has 1 fully saturated rings. The van der Waals surface area contributed by atoms with Crippen LogP contribution in [0.25, 0.3) is 11.1 Å². The molecule has 0 radical (unpaired) electrons. The van der Waals surface area contributed by atoms with Crippen LogP contribution >= 0.6 is 0 Å². The minimum Gasteiger partial charge on any atom is -0.496 e. The SMILES string of the molecule is COc1ccccc1-c1ccc(C(C)NC(=O)CCC2CCNCC2)cc1. The molecule has 2 aromatic rings. The highest BCUT2D eigenvalue weighted by Gasteiger charge is 2.16. The van der Waals surface area contributed by atoms with Crippen molar-refractivity contribution in [2.75, 3.05) is 20.2 Å². The average Bonchev–Trinajstić information content (AvgIpc) is 2.73. The predicted octanol–water partition coefficient (Wildman–Crippen LogP) is 4.32. The molecular formula is C23H30N2O2. The van der Waals surface area contributed by atoms with Crippen LogP contribution in [0.1, 0.15) is 44.2 Å². The summed E-state index contributed by atoms with van der Waals surface area (Å²) in [6, 6.07) is 16.4. The average molecular weight is 367 g/mol. The summed E-state index contributed by atoms with van der Waals surface area (Å²) in [6.07, 6.45) is 3.99. The zero-order valence-electron chi connectivity index (χ0n) is 16.3. The molecule has 2 N–H and O–H groups in total. The topological polar surface area (TPSA) is 50.4 Å². The summed E-state index contributed by atoms with van der Waals surface area (Å²) in [5.74, 6) is 1.70. The predicted molar refractivity (Wildman–Crippen MR) is 110 cm³/mol. The third-order valence-electron chi connectivity index (χ3n) is 5.44. The van der Waals surface area contributed by atoms with Gasteiger partial charge in [0.05, 0.1) is 13.2 Å². The Hall–Kier alpha value is -2.33. The molecular weight excluding hydrogens is 336 g/mol. The van der Waals surface area contributed by atoms with Gasteiger partial charge in [-0.1, -0.05) is 42.5 Å². The molecule has 1 unspecified atom stereocenters. The summed E-state index contributed by atoms with van der Waals surface area (Å²) in [7, 11) is 1.69. The summed E-state index contributed by atoms with van der Waals surface area (Å²) in [4.78, 5) is 12.3. The maximum Gasteiger partial charge on any atom is 0.220 e. The smallest absolute Gasteiger partial charge is 0.220 e. The highest BCUT2D eigenvalue weighted by Crippen LogP contribution is 2.30. The molecule has 4 nitrogen and oxygen atoms in total. The highest BCUT2D eigenvalue weighted by molar-refractivity contribution is 5.76. The van der Waals surface area contributed by atoms with Crippen LogP contribution in [-0.4, -0.2) is 26.1 Å². The van der Waals surface area contributed by atoms with Crippen LogP contribution in [0, 0.1) is 5.92 Å². The minimum absolute atomic E-state index is 0.0113. The lowest BCUT2D eigenvalue weighted by atomic mass is 9.93. The van der Waals surface area contributed by atoms with Gasteiger partial charge in [-0.2, -0.15) is 0 Å². The van der Waals surface area contributed by atoms with Crippen LogP contribution in [0.5, 0.6) is 5.75 Å². The molecule has 1 saturated heterocycles. The van der Waals surface area contributed by atoms with E-state index in [2.05, 4.69) is 41.0 Å². The summed E-state index contributed by atoms with van der Waals surface area (Å²) in [5, 5.41) is 6.51. The second kappa shape index (κ2) is 9.56. The van der Waals surface area contributed by atoms with Gasteiger partial charge in [0.2, 0.25) is 5.91 Å². The van der Waals surface area contributed by atoms with Gasteiger partial charge in [0.1, 0.15) is 5.75 Å². The van der Waals surface area contributed by atoms with Crippen molar-refractivity contribution in [1.29, 1.82) is 0 Å². The Balaban J connectivity index is 1.55. The van der Waals surface area contributed by atoms with Gasteiger partial charge in [-0.3, -0.25) is 4.79 Å². The molecule has 0 bridgehead atoms. The van der Waals surface area contributed by atoms with Crippen molar-refractivity contribution in [1.82, 2.24) is 10.6 Å². The van der Waals surface area contributed by atoms with Crippen LogP contribution in [0.3, 0.4) is 0 Å². The molecule has 1 aliphatic heterocycles. The van der Waals surface area contributed by atoms with E-state index in [4.69, 9.17) is 4.74 Å². The number of benzene rings is 2. The van der Waals surface area contributed by atoms with E-state index in [-0.39, 0.29) is 11.9 Å². The van der Waals surface area contributed by atoms with Gasteiger partial charge in [0, 0.05) is 12.0 Å². The molecule has 1 amide bonds. The number of amides is 1. The van der Waals surface area contributed by atoms with Gasteiger partial charge in [-0.15, -0.1) is 0 Å². The standard InChI is InChI=1S/C23H30N2O2/c1-17(25-23(26)12-7-18-13-15-24-16-14-18)19-8-10-20(11-9-19)21-5-3-4-6-22(21)27-2/h3-6,8-11,17-18,24H,7,12-16H2,1-2H3,(H,25,26). The molecule has 1 atom stereocenters. The molecule has 0 aromatic heterocycles. The van der Waals surface area contributed by atoms with Crippen molar-refractivity contribution in [3.8, 4) is 16.9 Å². The monoisotopic (exact) mass is 366 g/mol. The fourth-order valence-corrected chi connectivity index (χ4v) is 3.74. The first-order chi connectivity index (χ1) is 13.2. The van der Waals surface area contributed by atoms with E-state index in [0.717, 1.165) is 42.0 Å². The molecule has 0 spiro atoms. The number of hydrogen-bond acceptors (Lipinski definition) is 3. The second-order valence-corrected chi connectivity index (χ2v) is 7.34. The van der Waals surface area contributed by atoms with Gasteiger partial charge in [0.25, 0.3) is 0 Å². The Kier molecular flexibility index (Phi) is 6.88. The van der Waals surface area contributed by atoms with Crippen molar-refractivity contribution < 1.29 is 9.53 Å². The molecule has 0 saturated carbocycles. The van der Waals surface area contributed by atoms with Crippen molar-refractivity contribution in [2.24, 2.45) is 5.92 Å². The van der Waals surface area contributed by atoms with Crippen LogP contribution in [0.4, 0.5) is 0 Å². The van der Waals surface area contributed by atoms with Gasteiger partial charge >= 0.3 is 0 Å². The zero-order chi connectivity index (χ0) is 19.1. The maximum atomic E-state index is 12.3. The summed E-state index contributed by atoms with van der Waals surface area (Å²) in [6.45, 7) is 4.21. The lowest BCUT2D eigenvalue weighted by Crippen LogP contribution is -2.30. The third kappa shape index (κ3) is 5.33. The highest BCUT2D eigenvalue weighted by atomic mass is 16.5. The Morgan fingerprint density at radius 3 is 2.56 bits per heavy atom. The first-order valence-electron chi connectivity index (χ1n) is 9.91. The Morgan fingerprint density at radius 2 is 1.85 bits per heavy atom. The van der Waals surface area contributed by atoms with E-state index in [1.165, 1.54) is 12.8 Å². The number of rotatable bonds is 7. The Labute approximate surface area is 162 Å². The lowest BCUT2D eigenvalue weighted by molar-refractivity contribution is -0.122. The van der Waals surface area contributed by atoms with Gasteiger partial charge in [0.15, 0.2) is 0 Å². The number of carbonyl (C=O) groups excluding carboxylic acids is 1. The summed E-state index contributed by atoms with van der Waals surface area (Å²) < 4.78 is 5.45. The summed E-state index contributed by atoms with van der Waals surface area (Å²) in [5.41, 5.74) is 3.30. The molecule has 144 valence electrons. The van der Waals surface area contributed by atoms with E-state index in [0.29, 0.717) is 12.3 Å². The number of carbonyl (C=O) groups is 1. The lowest BCUT2D eigenvalue weighted by Gasteiger charge is -2.22. The van der Waals surface area contributed by atoms with E-state index >= 15 is 0 Å². The van der Waals surface area contributed by atoms with Crippen LogP contribution in [0.2, 0.25) is 0 Å². The molecule has 1 heterocycles. The number of ether oxygens (including phenoxy) is 1. The van der Waals surface area contributed by atoms with Crippen molar-refractivity contribution in [2.45, 2.75) is 38.6 Å². The van der Waals surface area contributed by atoms with Gasteiger partial charge < -0.3 is 15.4 Å². The largest absolute Gasteiger partial charge is 0.496 e. The number of para-hydroxylation sites is 1. The zero-order valence-corrected chi connectivity index (χ0v) is 16.3. The Bertz CT molecular complexity index is 736. The number of hydrogen-bond donors (Lipinski definition) is 2.